The zero-order chi connectivity index (χ0) is 10.8. The third-order valence-electron chi connectivity index (χ3n) is 2.28. The molecule has 0 aliphatic heterocycles. The van der Waals surface area contributed by atoms with Crippen LogP contribution in [-0.4, -0.2) is 23.3 Å². The third kappa shape index (κ3) is 1.78. The lowest BCUT2D eigenvalue weighted by atomic mass is 10.3. The van der Waals surface area contributed by atoms with Gasteiger partial charge in [-0.1, -0.05) is 17.7 Å². The zero-order valence-corrected chi connectivity index (χ0v) is 9.16. The summed E-state index contributed by atoms with van der Waals surface area (Å²) in [6, 6.07) is 5.63. The van der Waals surface area contributed by atoms with E-state index in [9.17, 15) is 0 Å². The van der Waals surface area contributed by atoms with E-state index in [0.29, 0.717) is 24.1 Å². The molecule has 0 saturated carbocycles. The Balaban J connectivity index is 2.53. The van der Waals surface area contributed by atoms with Crippen LogP contribution in [0.25, 0.3) is 11.0 Å². The second-order valence-corrected chi connectivity index (χ2v) is 3.63. The Kier molecular flexibility index (Phi) is 2.79. The van der Waals surface area contributed by atoms with Gasteiger partial charge in [-0.15, -0.1) is 0 Å². The highest BCUT2D eigenvalue weighted by atomic mass is 35.5. The van der Waals surface area contributed by atoms with Crippen molar-refractivity contribution in [3.8, 4) is 0 Å². The summed E-state index contributed by atoms with van der Waals surface area (Å²) in [5.41, 5.74) is 7.49. The lowest BCUT2D eigenvalue weighted by Crippen LogP contribution is -2.07. The van der Waals surface area contributed by atoms with Gasteiger partial charge >= 0.3 is 0 Å². The van der Waals surface area contributed by atoms with Gasteiger partial charge in [0, 0.05) is 13.7 Å². The maximum atomic E-state index is 6.01. The summed E-state index contributed by atoms with van der Waals surface area (Å²) in [7, 11) is 1.66. The first-order valence-corrected chi connectivity index (χ1v) is 5.01. The maximum absolute atomic E-state index is 6.01. The van der Waals surface area contributed by atoms with Crippen molar-refractivity contribution < 1.29 is 4.74 Å². The summed E-state index contributed by atoms with van der Waals surface area (Å²) in [4.78, 5) is 4.22. The molecule has 1 aromatic carbocycles. The van der Waals surface area contributed by atoms with E-state index in [2.05, 4.69) is 4.98 Å². The molecule has 5 heteroatoms. The quantitative estimate of drug-likeness (QED) is 0.868. The number of nitrogens with two attached hydrogens (primary N) is 1. The van der Waals surface area contributed by atoms with Crippen molar-refractivity contribution in [2.75, 3.05) is 19.5 Å². The van der Waals surface area contributed by atoms with Gasteiger partial charge in [0.25, 0.3) is 0 Å². The van der Waals surface area contributed by atoms with E-state index < -0.39 is 0 Å². The van der Waals surface area contributed by atoms with Crippen molar-refractivity contribution in [2.24, 2.45) is 0 Å². The number of hydrogen-bond donors (Lipinski definition) is 1. The number of ether oxygens (including phenoxy) is 1. The van der Waals surface area contributed by atoms with E-state index in [-0.39, 0.29) is 0 Å². The predicted octanol–water partition coefficient (Wildman–Crippen LogP) is 1.92. The fourth-order valence-corrected chi connectivity index (χ4v) is 1.76. The van der Waals surface area contributed by atoms with Gasteiger partial charge in [0.15, 0.2) is 0 Å². The van der Waals surface area contributed by atoms with Gasteiger partial charge in [0.05, 0.1) is 17.1 Å². The van der Waals surface area contributed by atoms with E-state index in [0.717, 1.165) is 11.0 Å². The van der Waals surface area contributed by atoms with Crippen molar-refractivity contribution in [2.45, 2.75) is 6.54 Å². The summed E-state index contributed by atoms with van der Waals surface area (Å²) in [5.74, 6) is 0.468. The molecule has 2 N–H and O–H groups in total. The van der Waals surface area contributed by atoms with Gasteiger partial charge < -0.3 is 15.0 Å². The molecule has 0 aliphatic carbocycles. The van der Waals surface area contributed by atoms with Crippen LogP contribution in [0.3, 0.4) is 0 Å². The minimum atomic E-state index is 0.468. The number of anilines is 1. The first kappa shape index (κ1) is 10.3. The van der Waals surface area contributed by atoms with Crippen LogP contribution in [0.2, 0.25) is 5.02 Å². The van der Waals surface area contributed by atoms with Crippen molar-refractivity contribution in [1.82, 2.24) is 9.55 Å². The molecule has 0 unspecified atom stereocenters. The van der Waals surface area contributed by atoms with Crippen molar-refractivity contribution in [3.63, 3.8) is 0 Å². The normalized spacial score (nSPS) is 11.1. The van der Waals surface area contributed by atoms with Crippen LogP contribution in [-0.2, 0) is 11.3 Å². The fourth-order valence-electron chi connectivity index (χ4n) is 1.55. The lowest BCUT2D eigenvalue weighted by Gasteiger charge is -2.04. The highest BCUT2D eigenvalue weighted by molar-refractivity contribution is 6.35. The zero-order valence-electron chi connectivity index (χ0n) is 8.40. The van der Waals surface area contributed by atoms with Crippen molar-refractivity contribution in [1.29, 1.82) is 0 Å². The molecule has 1 aromatic heterocycles. The average Bonchev–Trinajstić information content (AvgIpc) is 2.54. The summed E-state index contributed by atoms with van der Waals surface area (Å²) in [6.07, 6.45) is 0. The number of halogens is 1. The standard InChI is InChI=1S/C10H12ClN3O/c1-15-6-5-14-8-4-2-3-7(11)9(8)13-10(14)12/h2-4H,5-6H2,1H3,(H2,12,13). The Labute approximate surface area is 92.6 Å². The van der Waals surface area contributed by atoms with Gasteiger partial charge in [-0.25, -0.2) is 4.98 Å². The van der Waals surface area contributed by atoms with Gasteiger partial charge in [0.2, 0.25) is 5.95 Å². The summed E-state index contributed by atoms with van der Waals surface area (Å²) < 4.78 is 6.91. The predicted molar refractivity (Wildman–Crippen MR) is 61.0 cm³/mol. The highest BCUT2D eigenvalue weighted by Gasteiger charge is 2.09. The first-order chi connectivity index (χ1) is 7.24. The van der Waals surface area contributed by atoms with Crippen LogP contribution in [0.15, 0.2) is 18.2 Å². The fraction of sp³-hybridized carbons (Fsp3) is 0.300. The Bertz CT molecular complexity index is 481. The molecule has 2 rings (SSSR count). The number of hydrogen-bond acceptors (Lipinski definition) is 3. The summed E-state index contributed by atoms with van der Waals surface area (Å²) in [5, 5.41) is 0.621. The molecule has 0 atom stereocenters. The molecule has 0 spiro atoms. The van der Waals surface area contributed by atoms with Gasteiger partial charge in [-0.2, -0.15) is 0 Å². The molecule has 0 amide bonds. The molecule has 4 nitrogen and oxygen atoms in total. The Morgan fingerprint density at radius 2 is 2.33 bits per heavy atom. The topological polar surface area (TPSA) is 53.1 Å². The minimum absolute atomic E-state index is 0.468. The number of fused-ring (bicyclic) bond motifs is 1. The number of imidazole rings is 1. The molecule has 80 valence electrons. The number of aromatic nitrogens is 2. The van der Waals surface area contributed by atoms with Gasteiger partial charge in [-0.3, -0.25) is 0 Å². The molecule has 0 aliphatic rings. The number of rotatable bonds is 3. The van der Waals surface area contributed by atoms with Crippen molar-refractivity contribution in [3.05, 3.63) is 23.2 Å². The first-order valence-electron chi connectivity index (χ1n) is 4.63. The largest absolute Gasteiger partial charge is 0.383 e. The number of methoxy groups -OCH3 is 1. The Hall–Kier alpha value is -1.26. The molecule has 1 heterocycles. The molecule has 0 bridgehead atoms. The minimum Gasteiger partial charge on any atom is -0.383 e. The molecule has 2 aromatic rings. The average molecular weight is 226 g/mol. The van der Waals surface area contributed by atoms with Crippen LogP contribution in [0.5, 0.6) is 0 Å². The van der Waals surface area contributed by atoms with E-state index in [1.807, 2.05) is 16.7 Å². The van der Waals surface area contributed by atoms with Crippen LogP contribution in [0.1, 0.15) is 0 Å². The third-order valence-corrected chi connectivity index (χ3v) is 2.58. The maximum Gasteiger partial charge on any atom is 0.201 e. The van der Waals surface area contributed by atoms with E-state index in [1.165, 1.54) is 0 Å². The van der Waals surface area contributed by atoms with E-state index >= 15 is 0 Å². The number of para-hydroxylation sites is 1. The van der Waals surface area contributed by atoms with Crippen LogP contribution < -0.4 is 5.73 Å². The molecular formula is C10H12ClN3O. The second-order valence-electron chi connectivity index (χ2n) is 3.22. The smallest absolute Gasteiger partial charge is 0.201 e. The lowest BCUT2D eigenvalue weighted by molar-refractivity contribution is 0.189. The Morgan fingerprint density at radius 1 is 1.53 bits per heavy atom. The number of nitrogen functional groups attached to an aromatic ring is 1. The monoisotopic (exact) mass is 225 g/mol. The summed E-state index contributed by atoms with van der Waals surface area (Å²) >= 11 is 6.01. The Morgan fingerprint density at radius 3 is 3.07 bits per heavy atom. The SMILES string of the molecule is COCCn1c(N)nc2c(Cl)cccc21. The molecule has 0 saturated heterocycles. The molecule has 0 fully saturated rings. The molecular weight excluding hydrogens is 214 g/mol. The van der Waals surface area contributed by atoms with Gasteiger partial charge in [0.1, 0.15) is 5.52 Å². The second kappa shape index (κ2) is 4.08. The van der Waals surface area contributed by atoms with E-state index in [4.69, 9.17) is 22.1 Å². The van der Waals surface area contributed by atoms with Crippen LogP contribution in [0, 0.1) is 0 Å². The van der Waals surface area contributed by atoms with Crippen LogP contribution >= 0.6 is 11.6 Å². The molecule has 0 radical (unpaired) electrons. The van der Waals surface area contributed by atoms with Crippen LogP contribution in [0.4, 0.5) is 5.95 Å². The highest BCUT2D eigenvalue weighted by Crippen LogP contribution is 2.24. The summed E-state index contributed by atoms with van der Waals surface area (Å²) in [6.45, 7) is 1.28. The molecule has 15 heavy (non-hydrogen) atoms. The number of nitrogens with zero attached hydrogens (tertiary/aromatic N) is 2. The number of benzene rings is 1. The van der Waals surface area contributed by atoms with E-state index in [1.54, 1.807) is 13.2 Å². The van der Waals surface area contributed by atoms with Crippen molar-refractivity contribution >= 4 is 28.6 Å². The van der Waals surface area contributed by atoms with Gasteiger partial charge in [-0.05, 0) is 12.1 Å².